The fourth-order valence-corrected chi connectivity index (χ4v) is 4.84. The van der Waals surface area contributed by atoms with Gasteiger partial charge < -0.3 is 19.7 Å². The Kier molecular flexibility index (Phi) is 6.98. The normalized spacial score (nSPS) is 15.1. The zero-order valence-corrected chi connectivity index (χ0v) is 20.5. The Bertz CT molecular complexity index is 1390. The van der Waals surface area contributed by atoms with E-state index in [4.69, 9.17) is 9.47 Å². The number of methoxy groups -OCH3 is 1. The molecule has 3 heterocycles. The van der Waals surface area contributed by atoms with Gasteiger partial charge in [-0.3, -0.25) is 4.79 Å². The maximum absolute atomic E-state index is 13.3. The van der Waals surface area contributed by atoms with Crippen LogP contribution in [-0.2, 0) is 6.54 Å². The Labute approximate surface area is 215 Å². The lowest BCUT2D eigenvalue weighted by molar-refractivity contribution is 0.0992. The number of aromatic nitrogens is 2. The van der Waals surface area contributed by atoms with Gasteiger partial charge in [0.15, 0.2) is 17.3 Å². The van der Waals surface area contributed by atoms with Crippen molar-refractivity contribution in [2.75, 3.05) is 31.7 Å². The van der Waals surface area contributed by atoms with Crippen molar-refractivity contribution in [3.05, 3.63) is 65.0 Å². The van der Waals surface area contributed by atoms with E-state index in [0.717, 1.165) is 19.5 Å². The first-order chi connectivity index (χ1) is 18.1. The van der Waals surface area contributed by atoms with Gasteiger partial charge in [-0.15, -0.1) is 0 Å². The van der Waals surface area contributed by atoms with Gasteiger partial charge >= 0.3 is 0 Å². The van der Waals surface area contributed by atoms with E-state index in [-0.39, 0.29) is 28.6 Å². The minimum Gasteiger partial charge on any atom is -0.493 e. The molecular weight excluding hydrogens is 468 g/mol. The predicted octanol–water partition coefficient (Wildman–Crippen LogP) is 3.82. The van der Waals surface area contributed by atoms with Gasteiger partial charge in [0.2, 0.25) is 0 Å². The van der Waals surface area contributed by atoms with Crippen LogP contribution in [0.5, 0.6) is 11.5 Å². The zero-order chi connectivity index (χ0) is 25.8. The molecule has 0 unspecified atom stereocenters. The van der Waals surface area contributed by atoms with Gasteiger partial charge in [0.1, 0.15) is 5.69 Å². The number of nitriles is 2. The van der Waals surface area contributed by atoms with Gasteiger partial charge in [0.25, 0.3) is 5.91 Å². The second-order valence-corrected chi connectivity index (χ2v) is 9.08. The molecule has 0 aliphatic carbocycles. The molecule has 9 nitrogen and oxygen atoms in total. The fraction of sp³-hybridized carbons (Fsp3) is 0.321. The second kappa shape index (κ2) is 10.7. The van der Waals surface area contributed by atoms with E-state index in [2.05, 4.69) is 27.4 Å². The summed E-state index contributed by atoms with van der Waals surface area (Å²) in [6, 6.07) is 14.4. The van der Waals surface area contributed by atoms with Crippen LogP contribution in [0.15, 0.2) is 42.6 Å². The third-order valence-electron chi connectivity index (χ3n) is 6.87. The third-order valence-corrected chi connectivity index (χ3v) is 6.87. The van der Waals surface area contributed by atoms with Crippen LogP contribution in [0.3, 0.4) is 0 Å². The van der Waals surface area contributed by atoms with Crippen molar-refractivity contribution < 1.29 is 14.3 Å². The highest BCUT2D eigenvalue weighted by atomic mass is 16.5. The quantitative estimate of drug-likeness (QED) is 0.526. The third kappa shape index (κ3) is 4.82. The standard InChI is InChI=1S/C28H26N6O3/c1-36-24-13-22(5-6-23(24)37-12-9-18-7-10-31-11-8-18)34-17-21-16-32-27(33-26(21)28(34)35)25-19(14-29)3-2-4-20(25)15-30/h2-6,13,16,18,31H,7-12,17H2,1H3. The Hall–Kier alpha value is -4.47. The number of carbonyl (C=O) groups is 1. The summed E-state index contributed by atoms with van der Waals surface area (Å²) in [7, 11) is 1.58. The van der Waals surface area contributed by atoms with Crippen molar-refractivity contribution in [3.8, 4) is 35.0 Å². The summed E-state index contributed by atoms with van der Waals surface area (Å²) < 4.78 is 11.6. The molecule has 1 saturated heterocycles. The number of ether oxygens (including phenoxy) is 2. The molecule has 186 valence electrons. The number of piperidine rings is 1. The number of anilines is 1. The number of carbonyl (C=O) groups excluding carboxylic acids is 1. The van der Waals surface area contributed by atoms with Crippen LogP contribution >= 0.6 is 0 Å². The topological polar surface area (TPSA) is 124 Å². The highest BCUT2D eigenvalue weighted by Gasteiger charge is 2.32. The van der Waals surface area contributed by atoms with Gasteiger partial charge in [-0.1, -0.05) is 6.07 Å². The first kappa shape index (κ1) is 24.2. The largest absolute Gasteiger partial charge is 0.493 e. The predicted molar refractivity (Wildman–Crippen MR) is 136 cm³/mol. The van der Waals surface area contributed by atoms with Crippen molar-refractivity contribution in [2.45, 2.75) is 25.8 Å². The van der Waals surface area contributed by atoms with Crippen LogP contribution < -0.4 is 19.7 Å². The molecule has 3 aromatic rings. The molecule has 9 heteroatoms. The summed E-state index contributed by atoms with van der Waals surface area (Å²) in [5.41, 5.74) is 2.46. The van der Waals surface area contributed by atoms with Gasteiger partial charge in [-0.2, -0.15) is 10.5 Å². The molecule has 1 aromatic heterocycles. The molecule has 5 rings (SSSR count). The molecule has 1 fully saturated rings. The first-order valence-electron chi connectivity index (χ1n) is 12.3. The number of benzene rings is 2. The Morgan fingerprint density at radius 1 is 1.11 bits per heavy atom. The average Bonchev–Trinajstić information content (AvgIpc) is 3.28. The van der Waals surface area contributed by atoms with Crippen LogP contribution in [0, 0.1) is 28.6 Å². The average molecular weight is 495 g/mol. The smallest absolute Gasteiger partial charge is 0.277 e. The van der Waals surface area contributed by atoms with Crippen LogP contribution in [0.1, 0.15) is 46.4 Å². The van der Waals surface area contributed by atoms with E-state index in [1.54, 1.807) is 42.5 Å². The molecule has 2 aliphatic rings. The van der Waals surface area contributed by atoms with E-state index in [1.165, 1.54) is 12.8 Å². The van der Waals surface area contributed by atoms with Crippen molar-refractivity contribution in [1.29, 1.82) is 10.5 Å². The van der Waals surface area contributed by atoms with Crippen LogP contribution in [0.4, 0.5) is 5.69 Å². The summed E-state index contributed by atoms with van der Waals surface area (Å²) in [4.78, 5) is 23.8. The van der Waals surface area contributed by atoms with E-state index < -0.39 is 0 Å². The summed E-state index contributed by atoms with van der Waals surface area (Å²) in [6.45, 7) is 3.04. The summed E-state index contributed by atoms with van der Waals surface area (Å²) >= 11 is 0. The number of nitrogens with zero attached hydrogens (tertiary/aromatic N) is 5. The number of amides is 1. The number of hydrogen-bond donors (Lipinski definition) is 1. The van der Waals surface area contributed by atoms with E-state index in [9.17, 15) is 15.3 Å². The lowest BCUT2D eigenvalue weighted by Gasteiger charge is -2.23. The van der Waals surface area contributed by atoms with Crippen molar-refractivity contribution in [1.82, 2.24) is 15.3 Å². The molecule has 0 atom stereocenters. The summed E-state index contributed by atoms with van der Waals surface area (Å²) in [6.07, 6.45) is 4.92. The molecule has 0 saturated carbocycles. The SMILES string of the molecule is COc1cc(N2Cc3cnc(-c4c(C#N)cccc4C#N)nc3C2=O)ccc1OCCC1CCNCC1. The van der Waals surface area contributed by atoms with Crippen molar-refractivity contribution >= 4 is 11.6 Å². The molecule has 0 spiro atoms. The van der Waals surface area contributed by atoms with Gasteiger partial charge in [-0.25, -0.2) is 9.97 Å². The molecule has 2 aromatic carbocycles. The minimum atomic E-state index is -0.284. The number of nitrogens with one attached hydrogen (secondary N) is 1. The number of hydrogen-bond acceptors (Lipinski definition) is 8. The van der Waals surface area contributed by atoms with Crippen molar-refractivity contribution in [2.24, 2.45) is 5.92 Å². The Morgan fingerprint density at radius 3 is 2.57 bits per heavy atom. The minimum absolute atomic E-state index is 0.178. The second-order valence-electron chi connectivity index (χ2n) is 9.08. The maximum atomic E-state index is 13.3. The van der Waals surface area contributed by atoms with Gasteiger partial charge in [-0.05, 0) is 62.5 Å². The van der Waals surface area contributed by atoms with Crippen LogP contribution in [0.25, 0.3) is 11.4 Å². The van der Waals surface area contributed by atoms with Gasteiger partial charge in [0.05, 0.1) is 49.1 Å². The molecule has 2 aliphatic heterocycles. The van der Waals surface area contributed by atoms with Crippen molar-refractivity contribution in [3.63, 3.8) is 0 Å². The molecule has 1 amide bonds. The monoisotopic (exact) mass is 494 g/mol. The van der Waals surface area contributed by atoms with E-state index in [0.29, 0.717) is 47.4 Å². The number of fused-ring (bicyclic) bond motifs is 1. The Balaban J connectivity index is 1.35. The highest BCUT2D eigenvalue weighted by Crippen LogP contribution is 2.36. The highest BCUT2D eigenvalue weighted by molar-refractivity contribution is 6.09. The molecular formula is C28H26N6O3. The summed E-state index contributed by atoms with van der Waals surface area (Å²) in [5.74, 6) is 1.76. The summed E-state index contributed by atoms with van der Waals surface area (Å²) in [5, 5.41) is 22.4. The molecule has 0 bridgehead atoms. The molecule has 0 radical (unpaired) electrons. The van der Waals surface area contributed by atoms with E-state index in [1.807, 2.05) is 12.1 Å². The number of rotatable bonds is 7. The molecule has 1 N–H and O–H groups in total. The van der Waals surface area contributed by atoms with Crippen LogP contribution in [-0.4, -0.2) is 42.7 Å². The fourth-order valence-electron chi connectivity index (χ4n) is 4.84. The first-order valence-corrected chi connectivity index (χ1v) is 12.3. The lowest BCUT2D eigenvalue weighted by Crippen LogP contribution is -2.28. The lowest BCUT2D eigenvalue weighted by atomic mass is 9.95. The zero-order valence-electron chi connectivity index (χ0n) is 20.5. The van der Waals surface area contributed by atoms with E-state index >= 15 is 0 Å². The van der Waals surface area contributed by atoms with Crippen LogP contribution in [0.2, 0.25) is 0 Å². The van der Waals surface area contributed by atoms with Gasteiger partial charge in [0, 0.05) is 23.5 Å². The Morgan fingerprint density at radius 2 is 1.86 bits per heavy atom. The maximum Gasteiger partial charge on any atom is 0.277 e. The molecule has 37 heavy (non-hydrogen) atoms.